The zero-order valence-corrected chi connectivity index (χ0v) is 10.7. The minimum absolute atomic E-state index is 0.133. The van der Waals surface area contributed by atoms with Gasteiger partial charge in [-0.3, -0.25) is 4.79 Å². The van der Waals surface area contributed by atoms with Crippen LogP contribution in [0.15, 0.2) is 18.3 Å². The van der Waals surface area contributed by atoms with E-state index in [0.29, 0.717) is 11.4 Å². The molecule has 1 rings (SSSR count). The van der Waals surface area contributed by atoms with Crippen molar-refractivity contribution in [3.05, 3.63) is 23.9 Å². The van der Waals surface area contributed by atoms with E-state index in [4.69, 9.17) is 0 Å². The van der Waals surface area contributed by atoms with E-state index in [1.807, 2.05) is 0 Å². The second-order valence-electron chi connectivity index (χ2n) is 4.65. The Hall–Kier alpha value is -1.62. The highest BCUT2D eigenvalue weighted by molar-refractivity contribution is 5.94. The topological polar surface area (TPSA) is 65.5 Å². The maximum atomic E-state index is 12.0. The number of likely N-dealkylation sites (N-methyl/N-ethyl adjacent to an activating group) is 1. The molecule has 5 nitrogen and oxygen atoms in total. The molecule has 1 amide bonds. The van der Waals surface area contributed by atoms with Crippen LogP contribution in [0.4, 0.5) is 5.82 Å². The summed E-state index contributed by atoms with van der Waals surface area (Å²) in [4.78, 5) is 17.6. The van der Waals surface area contributed by atoms with Crippen LogP contribution in [0.3, 0.4) is 0 Å². The fourth-order valence-electron chi connectivity index (χ4n) is 1.57. The van der Waals surface area contributed by atoms with Crippen LogP contribution in [0.25, 0.3) is 0 Å². The molecule has 0 saturated heterocycles. The number of aliphatic hydroxyl groups is 1. The molecule has 0 aliphatic heterocycles. The second kappa shape index (κ2) is 5.14. The number of hydrogen-bond acceptors (Lipinski definition) is 4. The number of aromatic nitrogens is 1. The summed E-state index contributed by atoms with van der Waals surface area (Å²) in [7, 11) is 3.41. The number of pyridine rings is 1. The molecule has 0 aliphatic rings. The first-order valence-corrected chi connectivity index (χ1v) is 5.45. The fourth-order valence-corrected chi connectivity index (χ4v) is 1.57. The molecule has 0 aliphatic carbocycles. The molecular weight excluding hydrogens is 218 g/mol. The van der Waals surface area contributed by atoms with Gasteiger partial charge in [0.25, 0.3) is 5.91 Å². The normalized spacial score (nSPS) is 11.1. The van der Waals surface area contributed by atoms with Gasteiger partial charge < -0.3 is 15.3 Å². The Labute approximate surface area is 101 Å². The minimum atomic E-state index is -0.900. The third-order valence-corrected chi connectivity index (χ3v) is 2.23. The van der Waals surface area contributed by atoms with Crippen molar-refractivity contribution in [3.63, 3.8) is 0 Å². The van der Waals surface area contributed by atoms with E-state index in [-0.39, 0.29) is 12.5 Å². The summed E-state index contributed by atoms with van der Waals surface area (Å²) in [5, 5.41) is 12.5. The predicted molar refractivity (Wildman–Crippen MR) is 67.0 cm³/mol. The van der Waals surface area contributed by atoms with Crippen LogP contribution >= 0.6 is 0 Å². The Balaban J connectivity index is 2.81. The molecule has 0 unspecified atom stereocenters. The van der Waals surface area contributed by atoms with Crippen molar-refractivity contribution in [3.8, 4) is 0 Å². The highest BCUT2D eigenvalue weighted by Crippen LogP contribution is 2.11. The number of nitrogens with zero attached hydrogens (tertiary/aromatic N) is 2. The zero-order chi connectivity index (χ0) is 13.1. The van der Waals surface area contributed by atoms with Gasteiger partial charge in [0.1, 0.15) is 5.82 Å². The van der Waals surface area contributed by atoms with E-state index in [0.717, 1.165) is 0 Å². The Morgan fingerprint density at radius 2 is 2.24 bits per heavy atom. The molecule has 5 heteroatoms. The van der Waals surface area contributed by atoms with Crippen molar-refractivity contribution in [1.82, 2.24) is 9.88 Å². The lowest BCUT2D eigenvalue weighted by atomic mass is 10.1. The molecule has 1 heterocycles. The van der Waals surface area contributed by atoms with Gasteiger partial charge in [0.15, 0.2) is 0 Å². The first-order valence-electron chi connectivity index (χ1n) is 5.45. The quantitative estimate of drug-likeness (QED) is 0.819. The van der Waals surface area contributed by atoms with Crippen LogP contribution < -0.4 is 5.32 Å². The number of hydrogen-bond donors (Lipinski definition) is 2. The first-order chi connectivity index (χ1) is 7.83. The monoisotopic (exact) mass is 237 g/mol. The van der Waals surface area contributed by atoms with Crippen LogP contribution in [-0.2, 0) is 0 Å². The molecule has 0 radical (unpaired) electrons. The molecule has 0 saturated carbocycles. The van der Waals surface area contributed by atoms with Crippen molar-refractivity contribution in [1.29, 1.82) is 0 Å². The highest BCUT2D eigenvalue weighted by Gasteiger charge is 2.20. The third-order valence-electron chi connectivity index (χ3n) is 2.23. The largest absolute Gasteiger partial charge is 0.389 e. The van der Waals surface area contributed by atoms with Gasteiger partial charge in [-0.25, -0.2) is 4.98 Å². The van der Waals surface area contributed by atoms with Crippen molar-refractivity contribution in [2.45, 2.75) is 19.4 Å². The standard InChI is InChI=1S/C12H19N3O2/c1-12(2,17)8-15(4)11(16)9-5-6-14-10(7-9)13-3/h5-7,17H,8H2,1-4H3,(H,13,14). The second-order valence-corrected chi connectivity index (χ2v) is 4.65. The third kappa shape index (κ3) is 4.03. The average Bonchev–Trinajstić information content (AvgIpc) is 2.26. The molecule has 1 aromatic rings. The van der Waals surface area contributed by atoms with Crippen LogP contribution in [0, 0.1) is 0 Å². The van der Waals surface area contributed by atoms with Gasteiger partial charge in [-0.1, -0.05) is 0 Å². The highest BCUT2D eigenvalue weighted by atomic mass is 16.3. The van der Waals surface area contributed by atoms with Crippen LogP contribution in [0.1, 0.15) is 24.2 Å². The lowest BCUT2D eigenvalue weighted by Crippen LogP contribution is -2.39. The summed E-state index contributed by atoms with van der Waals surface area (Å²) < 4.78 is 0. The Morgan fingerprint density at radius 1 is 1.59 bits per heavy atom. The van der Waals surface area contributed by atoms with Crippen LogP contribution in [0.2, 0.25) is 0 Å². The molecule has 17 heavy (non-hydrogen) atoms. The SMILES string of the molecule is CNc1cc(C(=O)N(C)CC(C)(C)O)ccn1. The maximum Gasteiger partial charge on any atom is 0.253 e. The van der Waals surface area contributed by atoms with Crippen LogP contribution in [-0.4, -0.2) is 47.1 Å². The fraction of sp³-hybridized carbons (Fsp3) is 0.500. The smallest absolute Gasteiger partial charge is 0.253 e. The lowest BCUT2D eigenvalue weighted by molar-refractivity contribution is 0.0368. The summed E-state index contributed by atoms with van der Waals surface area (Å²) >= 11 is 0. The van der Waals surface area contributed by atoms with Crippen molar-refractivity contribution in [2.24, 2.45) is 0 Å². The van der Waals surface area contributed by atoms with Crippen molar-refractivity contribution in [2.75, 3.05) is 26.0 Å². The summed E-state index contributed by atoms with van der Waals surface area (Å²) in [6.45, 7) is 3.62. The van der Waals surface area contributed by atoms with Gasteiger partial charge in [-0.05, 0) is 26.0 Å². The number of carbonyl (C=O) groups excluding carboxylic acids is 1. The Bertz CT molecular complexity index is 399. The Kier molecular flexibility index (Phi) is 4.07. The molecule has 2 N–H and O–H groups in total. The molecule has 0 bridgehead atoms. The van der Waals surface area contributed by atoms with Gasteiger partial charge in [-0.2, -0.15) is 0 Å². The number of anilines is 1. The maximum absolute atomic E-state index is 12.0. The minimum Gasteiger partial charge on any atom is -0.389 e. The number of amides is 1. The number of rotatable bonds is 4. The van der Waals surface area contributed by atoms with Gasteiger partial charge in [-0.15, -0.1) is 0 Å². The van der Waals surface area contributed by atoms with E-state index in [1.54, 1.807) is 46.3 Å². The summed E-state index contributed by atoms with van der Waals surface area (Å²) in [6, 6.07) is 3.34. The number of carbonyl (C=O) groups is 1. The zero-order valence-electron chi connectivity index (χ0n) is 10.7. The van der Waals surface area contributed by atoms with E-state index in [2.05, 4.69) is 10.3 Å². The Morgan fingerprint density at radius 3 is 2.76 bits per heavy atom. The molecule has 0 aromatic carbocycles. The lowest BCUT2D eigenvalue weighted by Gasteiger charge is -2.25. The van der Waals surface area contributed by atoms with Gasteiger partial charge in [0.2, 0.25) is 0 Å². The first kappa shape index (κ1) is 13.4. The van der Waals surface area contributed by atoms with Gasteiger partial charge in [0.05, 0.1) is 5.60 Å². The number of nitrogens with one attached hydrogen (secondary N) is 1. The average molecular weight is 237 g/mol. The van der Waals surface area contributed by atoms with Gasteiger partial charge in [0, 0.05) is 32.4 Å². The molecular formula is C12H19N3O2. The van der Waals surface area contributed by atoms with E-state index >= 15 is 0 Å². The predicted octanol–water partition coefficient (Wildman–Crippen LogP) is 0.966. The molecule has 0 fully saturated rings. The molecule has 1 aromatic heterocycles. The van der Waals surface area contributed by atoms with E-state index in [1.165, 1.54) is 4.90 Å². The molecule has 0 spiro atoms. The van der Waals surface area contributed by atoms with Gasteiger partial charge >= 0.3 is 0 Å². The van der Waals surface area contributed by atoms with Crippen molar-refractivity contribution < 1.29 is 9.90 Å². The molecule has 94 valence electrons. The van der Waals surface area contributed by atoms with Crippen molar-refractivity contribution >= 4 is 11.7 Å². The van der Waals surface area contributed by atoms with E-state index in [9.17, 15) is 9.90 Å². The molecule has 0 atom stereocenters. The van der Waals surface area contributed by atoms with E-state index < -0.39 is 5.60 Å². The summed E-state index contributed by atoms with van der Waals surface area (Å²) in [5.41, 5.74) is -0.348. The van der Waals surface area contributed by atoms with Crippen LogP contribution in [0.5, 0.6) is 0 Å². The summed E-state index contributed by atoms with van der Waals surface area (Å²) in [5.74, 6) is 0.513. The summed E-state index contributed by atoms with van der Waals surface area (Å²) in [6.07, 6.45) is 1.58.